The molecule has 0 amide bonds. The maximum atomic E-state index is 12.8. The molecule has 1 N–H and O–H groups in total. The number of rotatable bonds is 14. The van der Waals surface area contributed by atoms with Crippen LogP contribution in [0.3, 0.4) is 0 Å². The lowest BCUT2D eigenvalue weighted by Crippen LogP contribution is -2.05. The molecule has 0 fully saturated rings. The molecule has 3 aromatic rings. The number of aliphatic hydroxyl groups is 1. The van der Waals surface area contributed by atoms with E-state index >= 15 is 0 Å². The molecule has 0 unspecified atom stereocenters. The van der Waals surface area contributed by atoms with Gasteiger partial charge >= 0.3 is 5.97 Å². The Morgan fingerprint density at radius 3 is 1.89 bits per heavy atom. The third-order valence-corrected chi connectivity index (χ3v) is 5.48. The Balaban J connectivity index is 1.43. The Kier molecular flexibility index (Phi) is 10.8. The van der Waals surface area contributed by atoms with Crippen molar-refractivity contribution in [3.8, 4) is 11.5 Å². The van der Waals surface area contributed by atoms with E-state index in [1.54, 1.807) is 42.5 Å². The summed E-state index contributed by atoms with van der Waals surface area (Å²) < 4.78 is 11.1. The van der Waals surface area contributed by atoms with E-state index in [4.69, 9.17) is 14.6 Å². The fourth-order valence-electron chi connectivity index (χ4n) is 3.53. The summed E-state index contributed by atoms with van der Waals surface area (Å²) in [5.41, 5.74) is 1.99. The highest BCUT2D eigenvalue weighted by Crippen LogP contribution is 2.19. The SMILES string of the molecule is O=C(/C=C/c1ccccc1)Oc1ccc(C(=O)c2ccc(OCCCCCCCCO)cc2)cc1. The molecule has 3 rings (SSSR count). The molecule has 0 saturated carbocycles. The van der Waals surface area contributed by atoms with Gasteiger partial charge in [0.05, 0.1) is 6.61 Å². The number of ether oxygens (including phenoxy) is 2. The molecule has 0 saturated heterocycles. The van der Waals surface area contributed by atoms with Gasteiger partial charge in [0.25, 0.3) is 0 Å². The van der Waals surface area contributed by atoms with Gasteiger partial charge in [-0.2, -0.15) is 0 Å². The first-order valence-corrected chi connectivity index (χ1v) is 12.1. The maximum Gasteiger partial charge on any atom is 0.336 e. The van der Waals surface area contributed by atoms with Crippen LogP contribution in [0.4, 0.5) is 0 Å². The first kappa shape index (κ1) is 25.9. The lowest BCUT2D eigenvalue weighted by Gasteiger charge is -2.08. The fourth-order valence-corrected chi connectivity index (χ4v) is 3.53. The van der Waals surface area contributed by atoms with Crippen LogP contribution in [0.15, 0.2) is 84.9 Å². The zero-order chi connectivity index (χ0) is 24.7. The normalized spacial score (nSPS) is 10.9. The van der Waals surface area contributed by atoms with E-state index in [9.17, 15) is 9.59 Å². The van der Waals surface area contributed by atoms with Gasteiger partial charge in [-0.05, 0) is 73.0 Å². The number of ketones is 1. The summed E-state index contributed by atoms with van der Waals surface area (Å²) in [5, 5.41) is 8.78. The first-order chi connectivity index (χ1) is 17.2. The molecular formula is C30H32O5. The molecule has 5 nitrogen and oxygen atoms in total. The number of aliphatic hydroxyl groups excluding tert-OH is 1. The van der Waals surface area contributed by atoms with Gasteiger partial charge in [-0.3, -0.25) is 4.79 Å². The van der Waals surface area contributed by atoms with Crippen LogP contribution in [0.25, 0.3) is 6.08 Å². The topological polar surface area (TPSA) is 72.8 Å². The van der Waals surface area contributed by atoms with E-state index in [-0.39, 0.29) is 12.4 Å². The summed E-state index contributed by atoms with van der Waals surface area (Å²) in [5.74, 6) is 0.528. The van der Waals surface area contributed by atoms with Crippen LogP contribution in [0.1, 0.15) is 60.0 Å². The molecule has 5 heteroatoms. The van der Waals surface area contributed by atoms with Gasteiger partial charge in [0.2, 0.25) is 0 Å². The Morgan fingerprint density at radius 1 is 0.686 bits per heavy atom. The van der Waals surface area contributed by atoms with Crippen molar-refractivity contribution in [3.05, 3.63) is 102 Å². The standard InChI is InChI=1S/C30H32O5/c31-22-8-3-1-2-4-9-23-34-27-17-13-25(14-18-27)30(33)26-15-19-28(20-16-26)35-29(32)21-12-24-10-6-5-7-11-24/h5-7,10-21,31H,1-4,8-9,22-23H2/b21-12+. The minimum absolute atomic E-state index is 0.110. The van der Waals surface area contributed by atoms with Crippen molar-refractivity contribution in [2.75, 3.05) is 13.2 Å². The highest BCUT2D eigenvalue weighted by atomic mass is 16.5. The lowest BCUT2D eigenvalue weighted by molar-refractivity contribution is -0.128. The quantitative estimate of drug-likeness (QED) is 0.0987. The van der Waals surface area contributed by atoms with E-state index in [0.29, 0.717) is 23.5 Å². The van der Waals surface area contributed by atoms with Gasteiger partial charge in [0, 0.05) is 23.8 Å². The zero-order valence-corrected chi connectivity index (χ0v) is 19.9. The summed E-state index contributed by atoms with van der Waals surface area (Å²) in [4.78, 5) is 24.8. The summed E-state index contributed by atoms with van der Waals surface area (Å²) in [6.45, 7) is 0.920. The van der Waals surface area contributed by atoms with Crippen LogP contribution in [-0.2, 0) is 4.79 Å². The van der Waals surface area contributed by atoms with Gasteiger partial charge in [-0.25, -0.2) is 4.79 Å². The van der Waals surface area contributed by atoms with Gasteiger partial charge in [0.1, 0.15) is 11.5 Å². The number of hydrogen-bond acceptors (Lipinski definition) is 5. The van der Waals surface area contributed by atoms with E-state index in [1.165, 1.54) is 6.08 Å². The molecule has 0 bridgehead atoms. The molecule has 0 aromatic heterocycles. The number of carbonyl (C=O) groups is 2. The van der Waals surface area contributed by atoms with E-state index in [0.717, 1.165) is 49.8 Å². The largest absolute Gasteiger partial charge is 0.494 e. The van der Waals surface area contributed by atoms with Crippen LogP contribution >= 0.6 is 0 Å². The number of hydrogen-bond donors (Lipinski definition) is 1. The van der Waals surface area contributed by atoms with E-state index in [2.05, 4.69) is 0 Å². The molecule has 0 heterocycles. The van der Waals surface area contributed by atoms with Crippen molar-refractivity contribution < 1.29 is 24.2 Å². The Labute approximate surface area is 207 Å². The number of unbranched alkanes of at least 4 members (excludes halogenated alkanes) is 5. The smallest absolute Gasteiger partial charge is 0.336 e. The minimum atomic E-state index is -0.481. The molecule has 0 atom stereocenters. The van der Waals surface area contributed by atoms with Gasteiger partial charge < -0.3 is 14.6 Å². The molecule has 0 aliphatic rings. The van der Waals surface area contributed by atoms with Crippen molar-refractivity contribution in [1.29, 1.82) is 0 Å². The lowest BCUT2D eigenvalue weighted by atomic mass is 10.0. The number of benzene rings is 3. The summed E-state index contributed by atoms with van der Waals surface area (Å²) in [6.07, 6.45) is 9.41. The van der Waals surface area contributed by atoms with Crippen LogP contribution in [-0.4, -0.2) is 30.1 Å². The molecule has 182 valence electrons. The first-order valence-electron chi connectivity index (χ1n) is 12.1. The van der Waals surface area contributed by atoms with Crippen molar-refractivity contribution in [2.45, 2.75) is 38.5 Å². The third-order valence-electron chi connectivity index (χ3n) is 5.48. The van der Waals surface area contributed by atoms with Gasteiger partial charge in [-0.15, -0.1) is 0 Å². The predicted molar refractivity (Wildman–Crippen MR) is 138 cm³/mol. The van der Waals surface area contributed by atoms with Crippen molar-refractivity contribution in [3.63, 3.8) is 0 Å². The second-order valence-corrected chi connectivity index (χ2v) is 8.24. The van der Waals surface area contributed by atoms with Gasteiger partial charge in [0.15, 0.2) is 5.78 Å². The van der Waals surface area contributed by atoms with Crippen molar-refractivity contribution in [2.24, 2.45) is 0 Å². The molecular weight excluding hydrogens is 440 g/mol. The number of carbonyl (C=O) groups excluding carboxylic acids is 2. The van der Waals surface area contributed by atoms with Crippen LogP contribution in [0.2, 0.25) is 0 Å². The monoisotopic (exact) mass is 472 g/mol. The molecule has 0 spiro atoms. The average Bonchev–Trinajstić information content (AvgIpc) is 2.90. The summed E-state index contributed by atoms with van der Waals surface area (Å²) in [6, 6.07) is 23.2. The van der Waals surface area contributed by atoms with Gasteiger partial charge in [-0.1, -0.05) is 56.0 Å². The number of esters is 1. The molecule has 0 aliphatic carbocycles. The predicted octanol–water partition coefficient (Wildman–Crippen LogP) is 6.25. The van der Waals surface area contributed by atoms with E-state index < -0.39 is 5.97 Å². The van der Waals surface area contributed by atoms with Crippen LogP contribution in [0, 0.1) is 0 Å². The van der Waals surface area contributed by atoms with E-state index in [1.807, 2.05) is 42.5 Å². The van der Waals surface area contributed by atoms with Crippen LogP contribution in [0.5, 0.6) is 11.5 Å². The molecule has 35 heavy (non-hydrogen) atoms. The zero-order valence-electron chi connectivity index (χ0n) is 19.9. The summed E-state index contributed by atoms with van der Waals surface area (Å²) in [7, 11) is 0. The van der Waals surface area contributed by atoms with Crippen molar-refractivity contribution >= 4 is 17.8 Å². The Bertz CT molecular complexity index is 1070. The molecule has 0 radical (unpaired) electrons. The molecule has 3 aromatic carbocycles. The third kappa shape index (κ3) is 9.22. The average molecular weight is 473 g/mol. The highest BCUT2D eigenvalue weighted by molar-refractivity contribution is 6.09. The second-order valence-electron chi connectivity index (χ2n) is 8.24. The fraction of sp³-hybridized carbons (Fsp3) is 0.267. The second kappa shape index (κ2) is 14.5. The Morgan fingerprint density at radius 2 is 1.26 bits per heavy atom. The van der Waals surface area contributed by atoms with Crippen molar-refractivity contribution in [1.82, 2.24) is 0 Å². The Hall–Kier alpha value is -3.70. The summed E-state index contributed by atoms with van der Waals surface area (Å²) >= 11 is 0. The minimum Gasteiger partial charge on any atom is -0.494 e. The van der Waals surface area contributed by atoms with Crippen LogP contribution < -0.4 is 9.47 Å². The molecule has 0 aliphatic heterocycles. The highest BCUT2D eigenvalue weighted by Gasteiger charge is 2.10. The maximum absolute atomic E-state index is 12.8.